The molecule has 0 aromatic heterocycles. The van der Waals surface area contributed by atoms with E-state index in [1.807, 2.05) is 37.3 Å². The molecular weight excluding hydrogens is 180 g/mol. The van der Waals surface area contributed by atoms with Crippen molar-refractivity contribution in [3.63, 3.8) is 0 Å². The summed E-state index contributed by atoms with van der Waals surface area (Å²) in [6.07, 6.45) is 2.24. The van der Waals surface area contributed by atoms with E-state index in [2.05, 4.69) is 4.74 Å². The highest BCUT2D eigenvalue weighted by Crippen LogP contribution is 2.04. The largest absolute Gasteiger partial charge is 0.506 e. The van der Waals surface area contributed by atoms with Gasteiger partial charge in [0.25, 0.3) is 0 Å². The van der Waals surface area contributed by atoms with Crippen LogP contribution in [0, 0.1) is 6.92 Å². The molecule has 0 aliphatic heterocycles. The third-order valence-electron chi connectivity index (χ3n) is 1.69. The maximum atomic E-state index is 10.00. The van der Waals surface area contributed by atoms with Gasteiger partial charge in [0.15, 0.2) is 0 Å². The first-order valence-corrected chi connectivity index (χ1v) is 4.27. The highest BCUT2D eigenvalue weighted by Gasteiger charge is 1.91. The van der Waals surface area contributed by atoms with E-state index < -0.39 is 6.16 Å². The molecule has 0 spiro atoms. The molecule has 0 bridgehead atoms. The summed E-state index contributed by atoms with van der Waals surface area (Å²) in [5.74, 6) is 0. The molecule has 14 heavy (non-hydrogen) atoms. The summed E-state index contributed by atoms with van der Waals surface area (Å²) in [5.41, 5.74) is 2.23. The van der Waals surface area contributed by atoms with Gasteiger partial charge in [-0.2, -0.15) is 0 Å². The monoisotopic (exact) mass is 192 g/mol. The molecule has 0 aliphatic carbocycles. The van der Waals surface area contributed by atoms with Gasteiger partial charge in [-0.15, -0.1) is 0 Å². The number of carboxylic acid groups (broad SMARTS) is 1. The number of hydrogen-bond donors (Lipinski definition) is 1. The maximum absolute atomic E-state index is 10.00. The lowest BCUT2D eigenvalue weighted by atomic mass is 10.1. The van der Waals surface area contributed by atoms with Crippen molar-refractivity contribution in [3.8, 4) is 0 Å². The van der Waals surface area contributed by atoms with Crippen LogP contribution in [-0.2, 0) is 4.74 Å². The Kier molecular flexibility index (Phi) is 3.73. The summed E-state index contributed by atoms with van der Waals surface area (Å²) >= 11 is 0. The van der Waals surface area contributed by atoms with Crippen LogP contribution in [0.5, 0.6) is 0 Å². The van der Waals surface area contributed by atoms with E-state index >= 15 is 0 Å². The molecule has 1 rings (SSSR count). The second-order valence-electron chi connectivity index (χ2n) is 2.89. The van der Waals surface area contributed by atoms with Crippen molar-refractivity contribution in [1.82, 2.24) is 0 Å². The quantitative estimate of drug-likeness (QED) is 0.749. The van der Waals surface area contributed by atoms with Crippen LogP contribution in [0.4, 0.5) is 4.79 Å². The zero-order valence-corrected chi connectivity index (χ0v) is 7.93. The second-order valence-corrected chi connectivity index (χ2v) is 2.89. The zero-order valence-electron chi connectivity index (χ0n) is 7.93. The van der Waals surface area contributed by atoms with Crippen LogP contribution >= 0.6 is 0 Å². The van der Waals surface area contributed by atoms with Gasteiger partial charge in [0.2, 0.25) is 0 Å². The Morgan fingerprint density at radius 1 is 1.43 bits per heavy atom. The van der Waals surface area contributed by atoms with E-state index in [4.69, 9.17) is 5.11 Å². The minimum Gasteiger partial charge on any atom is -0.450 e. The molecule has 3 heteroatoms. The number of carbonyl (C=O) groups is 1. The molecule has 0 heterocycles. The van der Waals surface area contributed by atoms with Gasteiger partial charge >= 0.3 is 6.16 Å². The Morgan fingerprint density at radius 3 is 2.64 bits per heavy atom. The molecule has 0 atom stereocenters. The highest BCUT2D eigenvalue weighted by molar-refractivity contribution is 5.57. The highest BCUT2D eigenvalue weighted by atomic mass is 16.7. The Hall–Kier alpha value is -1.77. The topological polar surface area (TPSA) is 46.5 Å². The van der Waals surface area contributed by atoms with Crippen LogP contribution in [-0.4, -0.2) is 17.9 Å². The molecule has 0 saturated heterocycles. The first-order chi connectivity index (χ1) is 6.68. The first-order valence-electron chi connectivity index (χ1n) is 4.27. The lowest BCUT2D eigenvalue weighted by Crippen LogP contribution is -1.98. The van der Waals surface area contributed by atoms with Crippen molar-refractivity contribution in [1.29, 1.82) is 0 Å². The average molecular weight is 192 g/mol. The van der Waals surface area contributed by atoms with Gasteiger partial charge in [-0.05, 0) is 18.6 Å². The van der Waals surface area contributed by atoms with E-state index in [0.717, 1.165) is 5.56 Å². The van der Waals surface area contributed by atoms with Crippen LogP contribution < -0.4 is 0 Å². The van der Waals surface area contributed by atoms with Gasteiger partial charge in [0.1, 0.15) is 6.61 Å². The van der Waals surface area contributed by atoms with Gasteiger partial charge < -0.3 is 9.84 Å². The smallest absolute Gasteiger partial charge is 0.450 e. The third-order valence-corrected chi connectivity index (χ3v) is 1.69. The molecule has 0 radical (unpaired) electrons. The predicted octanol–water partition coefficient (Wildman–Crippen LogP) is 2.70. The van der Waals surface area contributed by atoms with Crippen molar-refractivity contribution in [2.24, 2.45) is 0 Å². The van der Waals surface area contributed by atoms with Gasteiger partial charge in [-0.1, -0.05) is 35.9 Å². The molecule has 0 fully saturated rings. The van der Waals surface area contributed by atoms with Crippen molar-refractivity contribution >= 4 is 12.2 Å². The Bertz CT molecular complexity index is 325. The fourth-order valence-corrected chi connectivity index (χ4v) is 0.981. The molecule has 3 nitrogen and oxygen atoms in total. The molecular formula is C11H12O3. The van der Waals surface area contributed by atoms with Gasteiger partial charge in [-0.25, -0.2) is 4.79 Å². The van der Waals surface area contributed by atoms with Crippen LogP contribution in [0.25, 0.3) is 6.08 Å². The van der Waals surface area contributed by atoms with Crippen molar-refractivity contribution in [2.75, 3.05) is 6.61 Å². The number of ether oxygens (including phenoxy) is 1. The molecule has 74 valence electrons. The fraction of sp³-hybridized carbons (Fsp3) is 0.182. The molecule has 0 saturated carbocycles. The Labute approximate surface area is 82.6 Å². The number of benzene rings is 1. The van der Waals surface area contributed by atoms with Gasteiger partial charge in [-0.3, -0.25) is 0 Å². The molecule has 0 aliphatic rings. The summed E-state index contributed by atoms with van der Waals surface area (Å²) in [4.78, 5) is 10.00. The second kappa shape index (κ2) is 5.07. The maximum Gasteiger partial charge on any atom is 0.506 e. The summed E-state index contributed by atoms with van der Waals surface area (Å²) in [5, 5.41) is 8.19. The van der Waals surface area contributed by atoms with Gasteiger partial charge in [0, 0.05) is 0 Å². The van der Waals surface area contributed by atoms with Crippen LogP contribution in [0.1, 0.15) is 11.1 Å². The van der Waals surface area contributed by atoms with E-state index in [1.54, 1.807) is 6.08 Å². The van der Waals surface area contributed by atoms with Crippen LogP contribution in [0.3, 0.4) is 0 Å². The van der Waals surface area contributed by atoms with Crippen molar-refractivity contribution in [3.05, 3.63) is 41.5 Å². The molecule has 1 N–H and O–H groups in total. The SMILES string of the molecule is Cc1ccc(C=CCOC(=O)O)cc1. The summed E-state index contributed by atoms with van der Waals surface area (Å²) < 4.78 is 4.32. The van der Waals surface area contributed by atoms with Gasteiger partial charge in [0.05, 0.1) is 0 Å². The van der Waals surface area contributed by atoms with E-state index in [0.29, 0.717) is 0 Å². The first kappa shape index (κ1) is 10.3. The number of aryl methyl sites for hydroxylation is 1. The fourth-order valence-electron chi connectivity index (χ4n) is 0.981. The number of rotatable bonds is 3. The Morgan fingerprint density at radius 2 is 2.07 bits per heavy atom. The normalized spacial score (nSPS) is 10.4. The molecule has 0 unspecified atom stereocenters. The van der Waals surface area contributed by atoms with Crippen molar-refractivity contribution < 1.29 is 14.6 Å². The predicted molar refractivity (Wildman–Crippen MR) is 54.2 cm³/mol. The summed E-state index contributed by atoms with van der Waals surface area (Å²) in [7, 11) is 0. The van der Waals surface area contributed by atoms with E-state index in [1.165, 1.54) is 5.56 Å². The lowest BCUT2D eigenvalue weighted by molar-refractivity contribution is 0.102. The minimum absolute atomic E-state index is 0.0865. The lowest BCUT2D eigenvalue weighted by Gasteiger charge is -1.95. The molecule has 1 aromatic rings. The third kappa shape index (κ3) is 3.76. The summed E-state index contributed by atoms with van der Waals surface area (Å²) in [6, 6.07) is 7.93. The molecule has 1 aromatic carbocycles. The average Bonchev–Trinajstić information content (AvgIpc) is 2.15. The summed E-state index contributed by atoms with van der Waals surface area (Å²) in [6.45, 7) is 2.10. The Balaban J connectivity index is 2.44. The zero-order chi connectivity index (χ0) is 10.4. The van der Waals surface area contributed by atoms with Crippen LogP contribution in [0.2, 0.25) is 0 Å². The van der Waals surface area contributed by atoms with E-state index in [-0.39, 0.29) is 6.61 Å². The number of hydrogen-bond acceptors (Lipinski definition) is 2. The molecule has 0 amide bonds. The standard InChI is InChI=1S/C11H12O3/c1-9-4-6-10(7-5-9)3-2-8-14-11(12)13/h2-7H,8H2,1H3,(H,12,13). The van der Waals surface area contributed by atoms with E-state index in [9.17, 15) is 4.79 Å². The minimum atomic E-state index is -1.25. The van der Waals surface area contributed by atoms with Crippen molar-refractivity contribution in [2.45, 2.75) is 6.92 Å². The van der Waals surface area contributed by atoms with Crippen LogP contribution in [0.15, 0.2) is 30.3 Å².